The van der Waals surface area contributed by atoms with Crippen LogP contribution in [0.25, 0.3) is 0 Å². The van der Waals surface area contributed by atoms with Crippen LogP contribution in [0.1, 0.15) is 19.3 Å². The van der Waals surface area contributed by atoms with E-state index < -0.39 is 11.9 Å². The van der Waals surface area contributed by atoms with Crippen LogP contribution in [0.2, 0.25) is 0 Å². The maximum absolute atomic E-state index is 13.5. The second kappa shape index (κ2) is 5.97. The molecule has 0 unspecified atom stereocenters. The molecule has 0 aromatic heterocycles. The molecule has 1 atom stereocenters. The third-order valence-corrected chi connectivity index (χ3v) is 3.54. The third-order valence-electron chi connectivity index (χ3n) is 3.21. The van der Waals surface area contributed by atoms with E-state index in [0.717, 1.165) is 12.8 Å². The molecule has 19 heavy (non-hydrogen) atoms. The van der Waals surface area contributed by atoms with Gasteiger partial charge in [0.05, 0.1) is 5.69 Å². The number of primary amides is 1. The number of nitrogens with one attached hydrogen (secondary N) is 1. The highest BCUT2D eigenvalue weighted by Gasteiger charge is 2.28. The second-order valence-electron chi connectivity index (χ2n) is 4.52. The van der Waals surface area contributed by atoms with Crippen LogP contribution < -0.4 is 11.1 Å². The third kappa shape index (κ3) is 3.20. The van der Waals surface area contributed by atoms with Gasteiger partial charge < -0.3 is 16.0 Å². The van der Waals surface area contributed by atoms with Crippen LogP contribution in [0, 0.1) is 5.82 Å². The highest BCUT2D eigenvalue weighted by atomic mass is 32.1. The van der Waals surface area contributed by atoms with Crippen molar-refractivity contribution in [1.82, 2.24) is 4.90 Å². The monoisotopic (exact) mass is 281 g/mol. The Kier molecular flexibility index (Phi) is 4.31. The van der Waals surface area contributed by atoms with Crippen molar-refractivity contribution in [3.8, 4) is 0 Å². The highest BCUT2D eigenvalue weighted by Crippen LogP contribution is 2.19. The van der Waals surface area contributed by atoms with Crippen molar-refractivity contribution >= 4 is 28.9 Å². The molecule has 0 saturated carbocycles. The van der Waals surface area contributed by atoms with E-state index in [1.165, 1.54) is 6.07 Å². The first-order valence-electron chi connectivity index (χ1n) is 6.21. The SMILES string of the molecule is NC(=O)[C@@H]1CCCCN1C(=S)Nc1ccccc1F. The van der Waals surface area contributed by atoms with Crippen LogP contribution in [-0.4, -0.2) is 28.5 Å². The van der Waals surface area contributed by atoms with Crippen molar-refractivity contribution in [1.29, 1.82) is 0 Å². The van der Waals surface area contributed by atoms with E-state index in [1.54, 1.807) is 23.1 Å². The summed E-state index contributed by atoms with van der Waals surface area (Å²) in [5.74, 6) is -0.769. The molecule has 102 valence electrons. The lowest BCUT2D eigenvalue weighted by atomic mass is 10.0. The number of amides is 1. The van der Waals surface area contributed by atoms with Gasteiger partial charge >= 0.3 is 0 Å². The van der Waals surface area contributed by atoms with Crippen molar-refractivity contribution in [3.05, 3.63) is 30.1 Å². The van der Waals surface area contributed by atoms with Gasteiger partial charge in [-0.1, -0.05) is 12.1 Å². The number of carbonyl (C=O) groups excluding carboxylic acids is 1. The summed E-state index contributed by atoms with van der Waals surface area (Å²) in [6.45, 7) is 0.661. The molecule has 0 radical (unpaired) electrons. The molecule has 4 nitrogen and oxygen atoms in total. The normalized spacial score (nSPS) is 19.0. The fraction of sp³-hybridized carbons (Fsp3) is 0.385. The van der Waals surface area contributed by atoms with Crippen LogP contribution in [-0.2, 0) is 4.79 Å². The van der Waals surface area contributed by atoms with Gasteiger partial charge in [0.25, 0.3) is 0 Å². The van der Waals surface area contributed by atoms with Gasteiger partial charge in [0, 0.05) is 6.54 Å². The number of carbonyl (C=O) groups is 1. The molecule has 1 heterocycles. The van der Waals surface area contributed by atoms with Crippen LogP contribution in [0.3, 0.4) is 0 Å². The van der Waals surface area contributed by atoms with E-state index in [4.69, 9.17) is 18.0 Å². The average Bonchev–Trinajstić information content (AvgIpc) is 2.41. The van der Waals surface area contributed by atoms with E-state index in [1.807, 2.05) is 0 Å². The molecule has 1 fully saturated rings. The molecule has 1 aliphatic heterocycles. The van der Waals surface area contributed by atoms with Gasteiger partial charge in [0.15, 0.2) is 5.11 Å². The number of halogens is 1. The van der Waals surface area contributed by atoms with Crippen molar-refractivity contribution < 1.29 is 9.18 Å². The maximum atomic E-state index is 13.5. The smallest absolute Gasteiger partial charge is 0.240 e. The molecule has 0 spiro atoms. The number of thiocarbonyl (C=S) groups is 1. The van der Waals surface area contributed by atoms with Crippen molar-refractivity contribution in [2.24, 2.45) is 5.73 Å². The first kappa shape index (κ1) is 13.7. The predicted octanol–water partition coefficient (Wildman–Crippen LogP) is 1.86. The summed E-state index contributed by atoms with van der Waals surface area (Å²) in [7, 11) is 0. The minimum Gasteiger partial charge on any atom is -0.368 e. The van der Waals surface area contributed by atoms with Crippen LogP contribution >= 0.6 is 12.2 Å². The number of anilines is 1. The van der Waals surface area contributed by atoms with E-state index in [-0.39, 0.29) is 5.82 Å². The first-order chi connectivity index (χ1) is 9.09. The minimum atomic E-state index is -0.402. The summed E-state index contributed by atoms with van der Waals surface area (Å²) >= 11 is 5.25. The Labute approximate surface area is 116 Å². The number of benzene rings is 1. The van der Waals surface area contributed by atoms with Gasteiger partial charge in [-0.3, -0.25) is 4.79 Å². The largest absolute Gasteiger partial charge is 0.368 e. The molecular formula is C13H16FN3OS. The molecule has 2 rings (SSSR count). The van der Waals surface area contributed by atoms with Gasteiger partial charge in [0.2, 0.25) is 5.91 Å². The average molecular weight is 281 g/mol. The summed E-state index contributed by atoms with van der Waals surface area (Å²) < 4.78 is 13.5. The van der Waals surface area contributed by atoms with E-state index in [9.17, 15) is 9.18 Å². The Morgan fingerprint density at radius 1 is 1.42 bits per heavy atom. The molecule has 6 heteroatoms. The van der Waals surface area contributed by atoms with Crippen LogP contribution in [0.15, 0.2) is 24.3 Å². The van der Waals surface area contributed by atoms with Crippen LogP contribution in [0.4, 0.5) is 10.1 Å². The van der Waals surface area contributed by atoms with E-state index in [0.29, 0.717) is 23.8 Å². The zero-order chi connectivity index (χ0) is 13.8. The van der Waals surface area contributed by atoms with Gasteiger partial charge in [0.1, 0.15) is 11.9 Å². The number of hydrogen-bond donors (Lipinski definition) is 2. The van der Waals surface area contributed by atoms with Crippen molar-refractivity contribution in [3.63, 3.8) is 0 Å². The van der Waals surface area contributed by atoms with Gasteiger partial charge in [-0.05, 0) is 43.6 Å². The lowest BCUT2D eigenvalue weighted by molar-refractivity contribution is -0.122. The van der Waals surface area contributed by atoms with Crippen molar-refractivity contribution in [2.45, 2.75) is 25.3 Å². The molecule has 1 aromatic rings. The summed E-state index contributed by atoms with van der Waals surface area (Å²) in [5.41, 5.74) is 5.68. The summed E-state index contributed by atoms with van der Waals surface area (Å²) in [4.78, 5) is 13.2. The first-order valence-corrected chi connectivity index (χ1v) is 6.62. The predicted molar refractivity (Wildman–Crippen MR) is 76.2 cm³/mol. The second-order valence-corrected chi connectivity index (χ2v) is 4.90. The lowest BCUT2D eigenvalue weighted by Gasteiger charge is -2.35. The summed E-state index contributed by atoms with van der Waals surface area (Å²) in [6.07, 6.45) is 2.59. The minimum absolute atomic E-state index is 0.307. The zero-order valence-corrected chi connectivity index (χ0v) is 11.3. The number of para-hydroxylation sites is 1. The number of nitrogens with zero attached hydrogens (tertiary/aromatic N) is 1. The molecule has 3 N–H and O–H groups in total. The standard InChI is InChI=1S/C13H16FN3OS/c14-9-5-1-2-6-10(9)16-13(19)17-8-4-3-7-11(17)12(15)18/h1-2,5-6,11H,3-4,7-8H2,(H2,15,18)(H,16,19)/t11-/m0/s1. The molecule has 1 saturated heterocycles. The lowest BCUT2D eigenvalue weighted by Crippen LogP contribution is -2.51. The van der Waals surface area contributed by atoms with E-state index in [2.05, 4.69) is 5.32 Å². The molecule has 0 bridgehead atoms. The number of likely N-dealkylation sites (tertiary alicyclic amines) is 1. The van der Waals surface area contributed by atoms with Gasteiger partial charge in [-0.2, -0.15) is 0 Å². The molecular weight excluding hydrogens is 265 g/mol. The number of piperidine rings is 1. The molecule has 0 aliphatic carbocycles. The summed E-state index contributed by atoms with van der Waals surface area (Å²) in [5, 5.41) is 3.18. The Morgan fingerprint density at radius 3 is 2.84 bits per heavy atom. The van der Waals surface area contributed by atoms with Crippen molar-refractivity contribution in [2.75, 3.05) is 11.9 Å². The Bertz CT molecular complexity index is 495. The topological polar surface area (TPSA) is 58.4 Å². The fourth-order valence-electron chi connectivity index (χ4n) is 2.22. The van der Waals surface area contributed by atoms with Gasteiger partial charge in [-0.15, -0.1) is 0 Å². The van der Waals surface area contributed by atoms with Gasteiger partial charge in [-0.25, -0.2) is 4.39 Å². The van der Waals surface area contributed by atoms with Crippen LogP contribution in [0.5, 0.6) is 0 Å². The zero-order valence-electron chi connectivity index (χ0n) is 10.4. The molecule has 1 aromatic carbocycles. The van der Waals surface area contributed by atoms with E-state index >= 15 is 0 Å². The maximum Gasteiger partial charge on any atom is 0.240 e. The fourth-order valence-corrected chi connectivity index (χ4v) is 2.55. The Balaban J connectivity index is 2.10. The number of nitrogens with two attached hydrogens (primary N) is 1. The number of hydrogen-bond acceptors (Lipinski definition) is 2. The molecule has 1 amide bonds. The highest BCUT2D eigenvalue weighted by molar-refractivity contribution is 7.80. The summed E-state index contributed by atoms with van der Waals surface area (Å²) in [6, 6.07) is 5.88. The quantitative estimate of drug-likeness (QED) is 0.812. The Morgan fingerprint density at radius 2 is 2.16 bits per heavy atom. The molecule has 1 aliphatic rings. The Hall–Kier alpha value is -1.69. The number of rotatable bonds is 2.